The Morgan fingerprint density at radius 3 is 2.50 bits per heavy atom. The van der Waals surface area contributed by atoms with Crippen LogP contribution in [0.1, 0.15) is 41.0 Å². The minimum Gasteiger partial charge on any atom is -0.345 e. The highest BCUT2D eigenvalue weighted by Gasteiger charge is 2.29. The van der Waals surface area contributed by atoms with Gasteiger partial charge in [-0.05, 0) is 55.5 Å². The van der Waals surface area contributed by atoms with Crippen LogP contribution in [0.3, 0.4) is 0 Å². The van der Waals surface area contributed by atoms with Crippen molar-refractivity contribution in [3.8, 4) is 0 Å². The van der Waals surface area contributed by atoms with Crippen molar-refractivity contribution in [1.29, 1.82) is 0 Å². The van der Waals surface area contributed by atoms with Crippen LogP contribution in [0.15, 0.2) is 41.8 Å². The van der Waals surface area contributed by atoms with E-state index in [1.54, 1.807) is 35.6 Å². The SMILES string of the molecule is C[C@@H](NC(=O)c1ccc(NC(=O)C2CC2)cc1)c1cccs1. The van der Waals surface area contributed by atoms with Crippen molar-refractivity contribution >= 4 is 28.8 Å². The molecule has 0 unspecified atom stereocenters. The van der Waals surface area contributed by atoms with Crippen LogP contribution in [-0.2, 0) is 4.79 Å². The first-order valence-electron chi connectivity index (χ1n) is 7.38. The third-order valence-corrected chi connectivity index (χ3v) is 4.74. The molecule has 0 saturated heterocycles. The summed E-state index contributed by atoms with van der Waals surface area (Å²) in [5, 5.41) is 7.83. The molecule has 1 aromatic carbocycles. The number of thiophene rings is 1. The molecule has 0 spiro atoms. The van der Waals surface area contributed by atoms with E-state index in [-0.39, 0.29) is 23.8 Å². The van der Waals surface area contributed by atoms with Crippen molar-refractivity contribution in [2.75, 3.05) is 5.32 Å². The second-order valence-electron chi connectivity index (χ2n) is 5.55. The van der Waals surface area contributed by atoms with Gasteiger partial charge in [0, 0.05) is 22.0 Å². The highest BCUT2D eigenvalue weighted by molar-refractivity contribution is 7.10. The average molecular weight is 314 g/mol. The third kappa shape index (κ3) is 3.54. The summed E-state index contributed by atoms with van der Waals surface area (Å²) in [5.74, 6) is 0.138. The van der Waals surface area contributed by atoms with E-state index in [2.05, 4.69) is 10.6 Å². The minimum absolute atomic E-state index is 0.0123. The predicted molar refractivity (Wildman–Crippen MR) is 88.0 cm³/mol. The molecule has 0 radical (unpaired) electrons. The van der Waals surface area contributed by atoms with Gasteiger partial charge < -0.3 is 10.6 Å². The zero-order valence-corrected chi connectivity index (χ0v) is 13.2. The summed E-state index contributed by atoms with van der Waals surface area (Å²) < 4.78 is 0. The van der Waals surface area contributed by atoms with Crippen molar-refractivity contribution in [3.63, 3.8) is 0 Å². The van der Waals surface area contributed by atoms with Crippen LogP contribution in [-0.4, -0.2) is 11.8 Å². The van der Waals surface area contributed by atoms with Gasteiger partial charge in [0.15, 0.2) is 0 Å². The van der Waals surface area contributed by atoms with Crippen molar-refractivity contribution in [1.82, 2.24) is 5.32 Å². The van der Waals surface area contributed by atoms with Crippen LogP contribution in [0.2, 0.25) is 0 Å². The Bertz CT molecular complexity index is 660. The summed E-state index contributed by atoms with van der Waals surface area (Å²) in [4.78, 5) is 25.0. The van der Waals surface area contributed by atoms with Crippen LogP contribution in [0.4, 0.5) is 5.69 Å². The lowest BCUT2D eigenvalue weighted by Crippen LogP contribution is -2.26. The molecular weight excluding hydrogens is 296 g/mol. The summed E-state index contributed by atoms with van der Waals surface area (Å²) in [6.45, 7) is 1.97. The zero-order valence-electron chi connectivity index (χ0n) is 12.3. The molecular formula is C17H18N2O2S. The Morgan fingerprint density at radius 2 is 1.91 bits per heavy atom. The van der Waals surface area contributed by atoms with Crippen LogP contribution in [0.5, 0.6) is 0 Å². The molecule has 0 aliphatic heterocycles. The van der Waals surface area contributed by atoms with Gasteiger partial charge in [0.25, 0.3) is 5.91 Å². The fourth-order valence-electron chi connectivity index (χ4n) is 2.18. The second kappa shape index (κ2) is 6.32. The number of hydrogen-bond acceptors (Lipinski definition) is 3. The van der Waals surface area contributed by atoms with Gasteiger partial charge in [-0.15, -0.1) is 11.3 Å². The van der Waals surface area contributed by atoms with Gasteiger partial charge in [-0.2, -0.15) is 0 Å². The van der Waals surface area contributed by atoms with Gasteiger partial charge in [-0.3, -0.25) is 9.59 Å². The van der Waals surface area contributed by atoms with E-state index in [1.165, 1.54) is 0 Å². The molecule has 1 heterocycles. The van der Waals surface area contributed by atoms with Gasteiger partial charge >= 0.3 is 0 Å². The zero-order chi connectivity index (χ0) is 15.5. The topological polar surface area (TPSA) is 58.2 Å². The molecule has 1 fully saturated rings. The molecule has 2 N–H and O–H groups in total. The van der Waals surface area contributed by atoms with Gasteiger partial charge in [-0.1, -0.05) is 6.07 Å². The largest absolute Gasteiger partial charge is 0.345 e. The molecule has 1 aliphatic carbocycles. The molecule has 2 aromatic rings. The summed E-state index contributed by atoms with van der Waals surface area (Å²) in [6, 6.07) is 11.0. The molecule has 1 atom stereocenters. The van der Waals surface area contributed by atoms with E-state index in [4.69, 9.17) is 0 Å². The predicted octanol–water partition coefficient (Wildman–Crippen LogP) is 3.59. The van der Waals surface area contributed by atoms with Gasteiger partial charge in [0.2, 0.25) is 5.91 Å². The maximum absolute atomic E-state index is 12.2. The Balaban J connectivity index is 1.59. The number of nitrogens with one attached hydrogen (secondary N) is 2. The number of hydrogen-bond donors (Lipinski definition) is 2. The van der Waals surface area contributed by atoms with E-state index in [0.717, 1.165) is 23.4 Å². The van der Waals surface area contributed by atoms with Crippen LogP contribution in [0, 0.1) is 5.92 Å². The first kappa shape index (κ1) is 14.8. The van der Waals surface area contributed by atoms with Gasteiger partial charge in [0.05, 0.1) is 6.04 Å². The smallest absolute Gasteiger partial charge is 0.251 e. The highest BCUT2D eigenvalue weighted by Crippen LogP contribution is 2.30. The Hall–Kier alpha value is -2.14. The molecule has 114 valence electrons. The lowest BCUT2D eigenvalue weighted by Gasteiger charge is -2.12. The quantitative estimate of drug-likeness (QED) is 0.886. The lowest BCUT2D eigenvalue weighted by atomic mass is 10.1. The lowest BCUT2D eigenvalue weighted by molar-refractivity contribution is -0.117. The molecule has 4 nitrogen and oxygen atoms in total. The molecule has 1 aliphatic rings. The normalized spacial score (nSPS) is 15.1. The van der Waals surface area contributed by atoms with E-state index in [0.29, 0.717) is 5.56 Å². The molecule has 22 heavy (non-hydrogen) atoms. The van der Waals surface area contributed by atoms with Gasteiger partial charge in [0.1, 0.15) is 0 Å². The number of rotatable bonds is 5. The van der Waals surface area contributed by atoms with Crippen LogP contribution >= 0.6 is 11.3 Å². The van der Waals surface area contributed by atoms with Gasteiger partial charge in [-0.25, -0.2) is 0 Å². The van der Waals surface area contributed by atoms with E-state index < -0.39 is 0 Å². The molecule has 1 aromatic heterocycles. The van der Waals surface area contributed by atoms with Crippen molar-refractivity contribution in [3.05, 3.63) is 52.2 Å². The number of carbonyl (C=O) groups is 2. The Labute approximate surface area is 133 Å². The van der Waals surface area contributed by atoms with E-state index in [9.17, 15) is 9.59 Å². The summed E-state index contributed by atoms with van der Waals surface area (Å²) in [7, 11) is 0. The fraction of sp³-hybridized carbons (Fsp3) is 0.294. The Kier molecular flexibility index (Phi) is 4.24. The average Bonchev–Trinajstić information content (AvgIpc) is 3.22. The third-order valence-electron chi connectivity index (χ3n) is 3.68. The Morgan fingerprint density at radius 1 is 1.18 bits per heavy atom. The molecule has 1 saturated carbocycles. The fourth-order valence-corrected chi connectivity index (χ4v) is 2.92. The summed E-state index contributed by atoms with van der Waals surface area (Å²) in [6.07, 6.45) is 1.96. The highest BCUT2D eigenvalue weighted by atomic mass is 32.1. The maximum atomic E-state index is 12.2. The number of amides is 2. The second-order valence-corrected chi connectivity index (χ2v) is 6.53. The maximum Gasteiger partial charge on any atom is 0.251 e. The van der Waals surface area contributed by atoms with E-state index in [1.807, 2.05) is 24.4 Å². The summed E-state index contributed by atoms with van der Waals surface area (Å²) >= 11 is 1.62. The first-order valence-corrected chi connectivity index (χ1v) is 8.26. The summed E-state index contributed by atoms with van der Waals surface area (Å²) in [5.41, 5.74) is 1.33. The van der Waals surface area contributed by atoms with Crippen LogP contribution < -0.4 is 10.6 Å². The number of anilines is 1. The molecule has 3 rings (SSSR count). The van der Waals surface area contributed by atoms with Crippen molar-refractivity contribution < 1.29 is 9.59 Å². The van der Waals surface area contributed by atoms with E-state index >= 15 is 0 Å². The monoisotopic (exact) mass is 314 g/mol. The molecule has 0 bridgehead atoms. The number of benzene rings is 1. The van der Waals surface area contributed by atoms with Crippen LogP contribution in [0.25, 0.3) is 0 Å². The standard InChI is InChI=1S/C17H18N2O2S/c1-11(15-3-2-10-22-15)18-16(20)13-6-8-14(9-7-13)19-17(21)12-4-5-12/h2-3,6-12H,4-5H2,1H3,(H,18,20)(H,19,21)/t11-/m1/s1. The minimum atomic E-state index is -0.110. The van der Waals surface area contributed by atoms with Crippen molar-refractivity contribution in [2.24, 2.45) is 5.92 Å². The number of carbonyl (C=O) groups excluding carboxylic acids is 2. The first-order chi connectivity index (χ1) is 10.6. The molecule has 5 heteroatoms. The van der Waals surface area contributed by atoms with Crippen molar-refractivity contribution in [2.45, 2.75) is 25.8 Å². The molecule has 2 amide bonds.